The predicted octanol–water partition coefficient (Wildman–Crippen LogP) is 6.13. The fourth-order valence-corrected chi connectivity index (χ4v) is 5.59. The predicted molar refractivity (Wildman–Crippen MR) is 139 cm³/mol. The second kappa shape index (κ2) is 10.2. The van der Waals surface area contributed by atoms with E-state index in [1.54, 1.807) is 17.4 Å². The van der Waals surface area contributed by atoms with Crippen LogP contribution < -0.4 is 0 Å². The monoisotopic (exact) mass is 496 g/mol. The highest BCUT2D eigenvalue weighted by atomic mass is 35.5. The van der Waals surface area contributed by atoms with Gasteiger partial charge in [-0.15, -0.1) is 23.7 Å². The maximum absolute atomic E-state index is 13.9. The second-order valence-electron chi connectivity index (χ2n) is 8.47. The highest BCUT2D eigenvalue weighted by Crippen LogP contribution is 2.33. The molecule has 5 rings (SSSR count). The Labute approximate surface area is 208 Å². The smallest absolute Gasteiger partial charge is 0.274 e. The zero-order valence-corrected chi connectivity index (χ0v) is 20.5. The zero-order valence-electron chi connectivity index (χ0n) is 18.9. The minimum atomic E-state index is -0.406. The van der Waals surface area contributed by atoms with Gasteiger partial charge >= 0.3 is 0 Å². The number of halogens is 2. The molecule has 2 aromatic rings. The van der Waals surface area contributed by atoms with Gasteiger partial charge in [-0.3, -0.25) is 9.79 Å². The molecule has 0 spiro atoms. The molecule has 3 aliphatic rings. The first kappa shape index (κ1) is 24.2. The van der Waals surface area contributed by atoms with Crippen molar-refractivity contribution in [3.8, 4) is 10.4 Å². The van der Waals surface area contributed by atoms with Crippen LogP contribution in [0.2, 0.25) is 0 Å². The number of piperidine rings is 1. The van der Waals surface area contributed by atoms with Crippen LogP contribution in [0.1, 0.15) is 41.2 Å². The van der Waals surface area contributed by atoms with Gasteiger partial charge < -0.3 is 4.90 Å². The summed E-state index contributed by atoms with van der Waals surface area (Å²) in [5, 5.41) is 0.874. The summed E-state index contributed by atoms with van der Waals surface area (Å²) in [5.74, 6) is 0.306. The summed E-state index contributed by atoms with van der Waals surface area (Å²) in [4.78, 5) is 30.5. The quantitative estimate of drug-likeness (QED) is 0.500. The summed E-state index contributed by atoms with van der Waals surface area (Å²) in [6.07, 6.45) is 7.99. The summed E-state index contributed by atoms with van der Waals surface area (Å²) in [7, 11) is 0. The van der Waals surface area contributed by atoms with Crippen molar-refractivity contribution in [1.29, 1.82) is 0 Å². The number of rotatable bonds is 5. The van der Waals surface area contributed by atoms with Gasteiger partial charge in [0.15, 0.2) is 0 Å². The number of aromatic nitrogens is 1. The number of hydrogen-bond acceptors (Lipinski definition) is 5. The van der Waals surface area contributed by atoms with E-state index >= 15 is 0 Å². The molecule has 34 heavy (non-hydrogen) atoms. The molecule has 1 saturated heterocycles. The number of aryl methyl sites for hydroxylation is 1. The van der Waals surface area contributed by atoms with Crippen molar-refractivity contribution in [1.82, 2.24) is 9.88 Å². The molecule has 0 N–H and O–H groups in total. The number of carbonyl (C=O) groups excluding carboxylic acids is 1. The number of nitrogens with zero attached hydrogens (tertiary/aromatic N) is 4. The average molecular weight is 497 g/mol. The van der Waals surface area contributed by atoms with Crippen molar-refractivity contribution in [2.24, 2.45) is 9.98 Å². The van der Waals surface area contributed by atoms with Gasteiger partial charge in [-0.1, -0.05) is 43.0 Å². The first-order valence-electron chi connectivity index (χ1n) is 11.2. The van der Waals surface area contributed by atoms with Crippen molar-refractivity contribution in [3.05, 3.63) is 77.2 Å². The van der Waals surface area contributed by atoms with Gasteiger partial charge in [0, 0.05) is 24.6 Å². The Balaban J connectivity index is 0.00000274. The molecular weight excluding hydrogens is 471 g/mol. The van der Waals surface area contributed by atoms with E-state index in [1.807, 2.05) is 42.2 Å². The number of aliphatic imine (C=N–C) groups is 2. The Hall–Kier alpha value is -2.90. The molecule has 1 aromatic heterocycles. The van der Waals surface area contributed by atoms with Gasteiger partial charge in [0.25, 0.3) is 5.91 Å². The summed E-state index contributed by atoms with van der Waals surface area (Å²) in [6, 6.07) is 9.53. The topological polar surface area (TPSA) is 57.9 Å². The number of benzene rings is 1. The van der Waals surface area contributed by atoms with Gasteiger partial charge in [-0.2, -0.15) is 0 Å². The first-order chi connectivity index (χ1) is 16.0. The van der Waals surface area contributed by atoms with Gasteiger partial charge in [0.05, 0.1) is 15.6 Å². The Morgan fingerprint density at radius 1 is 1.29 bits per heavy atom. The lowest BCUT2D eigenvalue weighted by Gasteiger charge is -2.35. The lowest BCUT2D eigenvalue weighted by atomic mass is 9.98. The van der Waals surface area contributed by atoms with Crippen LogP contribution in [-0.4, -0.2) is 46.0 Å². The third-order valence-corrected chi connectivity index (χ3v) is 7.24. The van der Waals surface area contributed by atoms with E-state index in [1.165, 1.54) is 12.2 Å². The fourth-order valence-electron chi connectivity index (χ4n) is 4.67. The van der Waals surface area contributed by atoms with Gasteiger partial charge in [-0.05, 0) is 43.9 Å². The summed E-state index contributed by atoms with van der Waals surface area (Å²) in [6.45, 7) is 6.39. The molecule has 2 atom stereocenters. The van der Waals surface area contributed by atoms with Crippen LogP contribution in [0.5, 0.6) is 0 Å². The van der Waals surface area contributed by atoms with E-state index < -0.39 is 6.04 Å². The number of allylic oxidation sites excluding steroid dienone is 3. The summed E-state index contributed by atoms with van der Waals surface area (Å²) < 4.78 is 13.9. The number of amidine groups is 1. The molecule has 1 fully saturated rings. The van der Waals surface area contributed by atoms with Crippen LogP contribution >= 0.6 is 23.7 Å². The third kappa shape index (κ3) is 4.68. The molecule has 0 radical (unpaired) electrons. The van der Waals surface area contributed by atoms with E-state index in [9.17, 15) is 9.18 Å². The lowest BCUT2D eigenvalue weighted by Crippen LogP contribution is -2.44. The van der Waals surface area contributed by atoms with Crippen LogP contribution in [0.25, 0.3) is 10.4 Å². The van der Waals surface area contributed by atoms with Crippen LogP contribution in [-0.2, 0) is 0 Å². The molecule has 1 amide bonds. The molecule has 1 aliphatic carbocycles. The van der Waals surface area contributed by atoms with E-state index in [2.05, 4.69) is 16.6 Å². The fraction of sp³-hybridized carbons (Fsp3) is 0.308. The highest BCUT2D eigenvalue weighted by Gasteiger charge is 2.34. The zero-order chi connectivity index (χ0) is 22.9. The van der Waals surface area contributed by atoms with Crippen LogP contribution in [0.4, 0.5) is 4.39 Å². The number of thiazole rings is 1. The summed E-state index contributed by atoms with van der Waals surface area (Å²) >= 11 is 1.55. The minimum Gasteiger partial charge on any atom is -0.334 e. The first-order valence-corrected chi connectivity index (χ1v) is 12.1. The number of likely N-dealkylation sites (tertiary alicyclic amines) is 1. The third-order valence-electron chi connectivity index (χ3n) is 6.22. The van der Waals surface area contributed by atoms with Gasteiger partial charge in [0.2, 0.25) is 0 Å². The molecule has 1 aromatic carbocycles. The lowest BCUT2D eigenvalue weighted by molar-refractivity contribution is 0.0617. The molecule has 3 heterocycles. The molecule has 8 heteroatoms. The Morgan fingerprint density at radius 2 is 2.09 bits per heavy atom. The molecule has 5 nitrogen and oxygen atoms in total. The minimum absolute atomic E-state index is 0. The van der Waals surface area contributed by atoms with E-state index in [-0.39, 0.29) is 30.2 Å². The largest absolute Gasteiger partial charge is 0.334 e. The normalized spacial score (nSPS) is 21.5. The van der Waals surface area contributed by atoms with Crippen molar-refractivity contribution < 1.29 is 9.18 Å². The maximum Gasteiger partial charge on any atom is 0.274 e. The van der Waals surface area contributed by atoms with Crippen molar-refractivity contribution in [3.63, 3.8) is 0 Å². The number of carbonyl (C=O) groups is 1. The Bertz CT molecular complexity index is 1230. The molecule has 0 saturated carbocycles. The number of amides is 1. The van der Waals surface area contributed by atoms with Crippen LogP contribution in [0.3, 0.4) is 0 Å². The van der Waals surface area contributed by atoms with Crippen molar-refractivity contribution in [2.75, 3.05) is 6.54 Å². The van der Waals surface area contributed by atoms with E-state index in [0.717, 1.165) is 40.4 Å². The van der Waals surface area contributed by atoms with Gasteiger partial charge in [-0.25, -0.2) is 14.4 Å². The number of fused-ring (bicyclic) bond motifs is 1. The highest BCUT2D eigenvalue weighted by molar-refractivity contribution is 7.15. The van der Waals surface area contributed by atoms with E-state index in [4.69, 9.17) is 4.99 Å². The standard InChI is InChI=1S/C26H25FN4OS.ClH/c1-3-17-13-19(27)14-21-23(17)30-22(29-21)15-20-11-7-8-12-31(20)26(32)24-25(33-16(2)28-24)18-9-5-4-6-10-18;/h3-6,9-10,13-14,20-21H,1,7-8,11-12,15H2,2H3;1H/t20-,21?;/m0./s1. The molecule has 1 unspecified atom stereocenters. The Kier molecular flexibility index (Phi) is 7.24. The molecule has 176 valence electrons. The second-order valence-corrected chi connectivity index (χ2v) is 9.67. The molecule has 2 aliphatic heterocycles. The van der Waals surface area contributed by atoms with Crippen molar-refractivity contribution >= 4 is 41.2 Å². The maximum atomic E-state index is 13.9. The molecular formula is C26H26ClFN4OS. The summed E-state index contributed by atoms with van der Waals surface area (Å²) in [5.41, 5.74) is 2.93. The number of hydrogen-bond donors (Lipinski definition) is 0. The van der Waals surface area contributed by atoms with Gasteiger partial charge in [0.1, 0.15) is 23.4 Å². The Morgan fingerprint density at radius 3 is 2.85 bits per heavy atom. The van der Waals surface area contributed by atoms with Crippen LogP contribution in [0.15, 0.2) is 76.5 Å². The molecule has 0 bridgehead atoms. The SMILES string of the molecule is C=CC1=CC(F)=CC2N=C(C[C@@H]3CCCCN3C(=O)c3nc(C)sc3-c3ccccc3)N=C12.Cl. The van der Waals surface area contributed by atoms with Crippen LogP contribution in [0, 0.1) is 6.92 Å². The van der Waals surface area contributed by atoms with Crippen molar-refractivity contribution in [2.45, 2.75) is 44.7 Å². The van der Waals surface area contributed by atoms with E-state index in [0.29, 0.717) is 30.1 Å². The average Bonchev–Trinajstić information content (AvgIpc) is 3.42.